The third-order valence-electron chi connectivity index (χ3n) is 3.62. The van der Waals surface area contributed by atoms with Crippen molar-refractivity contribution in [2.45, 2.75) is 19.3 Å². The molecule has 2 rings (SSSR count). The minimum atomic E-state index is -0.171. The Morgan fingerprint density at radius 2 is 2.05 bits per heavy atom. The van der Waals surface area contributed by atoms with Gasteiger partial charge in [0.15, 0.2) is 6.29 Å². The number of methoxy groups -OCH3 is 2. The fourth-order valence-electron chi connectivity index (χ4n) is 2.46. The second kappa shape index (κ2) is 7.01. The highest BCUT2D eigenvalue weighted by Crippen LogP contribution is 2.25. The fraction of sp³-hybridized carbons (Fsp3) is 0.600. The van der Waals surface area contributed by atoms with Gasteiger partial charge in [0.2, 0.25) is 0 Å². The van der Waals surface area contributed by atoms with Gasteiger partial charge in [-0.15, -0.1) is 0 Å². The Labute approximate surface area is 115 Å². The third kappa shape index (κ3) is 3.76. The van der Waals surface area contributed by atoms with Gasteiger partial charge in [-0.05, 0) is 18.1 Å². The molecular weight excluding hydrogens is 242 g/mol. The average molecular weight is 265 g/mol. The van der Waals surface area contributed by atoms with E-state index in [4.69, 9.17) is 14.2 Å². The second-order valence-electron chi connectivity index (χ2n) is 4.88. The van der Waals surface area contributed by atoms with Crippen LogP contribution in [0.5, 0.6) is 0 Å². The molecule has 19 heavy (non-hydrogen) atoms. The van der Waals surface area contributed by atoms with Crippen molar-refractivity contribution in [3.8, 4) is 0 Å². The second-order valence-corrected chi connectivity index (χ2v) is 4.88. The van der Waals surface area contributed by atoms with E-state index in [1.165, 1.54) is 11.1 Å². The van der Waals surface area contributed by atoms with Gasteiger partial charge >= 0.3 is 0 Å². The molecule has 1 heterocycles. The van der Waals surface area contributed by atoms with Crippen LogP contribution in [0.4, 0.5) is 0 Å². The zero-order valence-corrected chi connectivity index (χ0v) is 12.0. The fourth-order valence-corrected chi connectivity index (χ4v) is 2.46. The highest BCUT2D eigenvalue weighted by molar-refractivity contribution is 5.28. The molecule has 1 aliphatic rings. The summed E-state index contributed by atoms with van der Waals surface area (Å²) in [6, 6.07) is 8.40. The largest absolute Gasteiger partial charge is 0.371 e. The number of ether oxygens (including phenoxy) is 3. The van der Waals surface area contributed by atoms with Crippen molar-refractivity contribution in [3.05, 3.63) is 35.4 Å². The van der Waals surface area contributed by atoms with Crippen molar-refractivity contribution >= 4 is 0 Å². The number of hydrogen-bond donors (Lipinski definition) is 0. The topological polar surface area (TPSA) is 30.9 Å². The van der Waals surface area contributed by atoms with Crippen LogP contribution in [-0.2, 0) is 14.2 Å². The van der Waals surface area contributed by atoms with Gasteiger partial charge < -0.3 is 14.2 Å². The number of hydrogen-bond acceptors (Lipinski definition) is 4. The van der Waals surface area contributed by atoms with Crippen LogP contribution in [0.15, 0.2) is 24.3 Å². The van der Waals surface area contributed by atoms with Crippen LogP contribution in [0.1, 0.15) is 17.2 Å². The van der Waals surface area contributed by atoms with Crippen molar-refractivity contribution in [3.63, 3.8) is 0 Å². The molecule has 0 aromatic heterocycles. The summed E-state index contributed by atoms with van der Waals surface area (Å²) in [4.78, 5) is 2.33. The van der Waals surface area contributed by atoms with E-state index in [9.17, 15) is 0 Å². The summed E-state index contributed by atoms with van der Waals surface area (Å²) in [5, 5.41) is 0. The van der Waals surface area contributed by atoms with E-state index in [2.05, 4.69) is 36.1 Å². The molecular formula is C15H23NO3. The molecule has 0 bridgehead atoms. The van der Waals surface area contributed by atoms with Gasteiger partial charge in [0, 0.05) is 33.9 Å². The monoisotopic (exact) mass is 265 g/mol. The Kier molecular flexibility index (Phi) is 5.34. The molecule has 4 nitrogen and oxygen atoms in total. The Morgan fingerprint density at radius 3 is 2.74 bits per heavy atom. The first kappa shape index (κ1) is 14.5. The molecule has 0 amide bonds. The Bertz CT molecular complexity index is 393. The van der Waals surface area contributed by atoms with Crippen LogP contribution >= 0.6 is 0 Å². The molecule has 1 aromatic rings. The summed E-state index contributed by atoms with van der Waals surface area (Å²) in [7, 11) is 3.35. The van der Waals surface area contributed by atoms with E-state index < -0.39 is 0 Å². The van der Waals surface area contributed by atoms with E-state index in [1.54, 1.807) is 14.2 Å². The molecule has 0 unspecified atom stereocenters. The van der Waals surface area contributed by atoms with Gasteiger partial charge in [-0.2, -0.15) is 0 Å². The number of aryl methyl sites for hydroxylation is 1. The highest BCUT2D eigenvalue weighted by atomic mass is 16.7. The van der Waals surface area contributed by atoms with Crippen LogP contribution in [0.25, 0.3) is 0 Å². The van der Waals surface area contributed by atoms with Gasteiger partial charge in [-0.3, -0.25) is 4.90 Å². The number of rotatable bonds is 5. The maximum atomic E-state index is 5.90. The molecule has 0 aliphatic carbocycles. The summed E-state index contributed by atoms with van der Waals surface area (Å²) in [5.74, 6) is 0. The molecule has 1 aromatic carbocycles. The normalized spacial score (nSPS) is 20.9. The van der Waals surface area contributed by atoms with Gasteiger partial charge in [0.05, 0.1) is 12.7 Å². The predicted octanol–water partition coefficient (Wildman–Crippen LogP) is 1.99. The minimum Gasteiger partial charge on any atom is -0.371 e. The maximum absolute atomic E-state index is 5.90. The van der Waals surface area contributed by atoms with Crippen LogP contribution in [-0.4, -0.2) is 51.7 Å². The van der Waals surface area contributed by atoms with Gasteiger partial charge in [-0.1, -0.05) is 24.3 Å². The highest BCUT2D eigenvalue weighted by Gasteiger charge is 2.24. The Morgan fingerprint density at radius 1 is 1.32 bits per heavy atom. The lowest BCUT2D eigenvalue weighted by molar-refractivity contribution is -0.131. The van der Waals surface area contributed by atoms with Crippen LogP contribution < -0.4 is 0 Å². The molecule has 1 atom stereocenters. The van der Waals surface area contributed by atoms with E-state index in [0.717, 1.165) is 26.2 Å². The van der Waals surface area contributed by atoms with Crippen molar-refractivity contribution in [2.24, 2.45) is 0 Å². The molecule has 1 fully saturated rings. The van der Waals surface area contributed by atoms with E-state index in [-0.39, 0.29) is 12.4 Å². The van der Waals surface area contributed by atoms with E-state index in [0.29, 0.717) is 0 Å². The zero-order chi connectivity index (χ0) is 13.7. The lowest BCUT2D eigenvalue weighted by Crippen LogP contribution is -2.43. The zero-order valence-electron chi connectivity index (χ0n) is 12.0. The van der Waals surface area contributed by atoms with Crippen molar-refractivity contribution in [2.75, 3.05) is 40.5 Å². The molecule has 0 spiro atoms. The first-order chi connectivity index (χ1) is 9.24. The van der Waals surface area contributed by atoms with Gasteiger partial charge in [0.1, 0.15) is 0 Å². The van der Waals surface area contributed by atoms with E-state index >= 15 is 0 Å². The SMILES string of the molecule is COC(CN1CCO[C@@H](c2ccccc2C)C1)OC. The van der Waals surface area contributed by atoms with Gasteiger partial charge in [-0.25, -0.2) is 0 Å². The lowest BCUT2D eigenvalue weighted by atomic mass is 10.0. The van der Waals surface area contributed by atoms with Crippen LogP contribution in [0, 0.1) is 6.92 Å². The van der Waals surface area contributed by atoms with E-state index in [1.807, 2.05) is 0 Å². The summed E-state index contributed by atoms with van der Waals surface area (Å²) in [5.41, 5.74) is 2.56. The summed E-state index contributed by atoms with van der Waals surface area (Å²) in [6.07, 6.45) is -0.0278. The summed E-state index contributed by atoms with van der Waals surface area (Å²) < 4.78 is 16.4. The van der Waals surface area contributed by atoms with Gasteiger partial charge in [0.25, 0.3) is 0 Å². The van der Waals surface area contributed by atoms with Crippen LogP contribution in [0.3, 0.4) is 0 Å². The molecule has 4 heteroatoms. The lowest BCUT2D eigenvalue weighted by Gasteiger charge is -2.35. The predicted molar refractivity (Wildman–Crippen MR) is 74.1 cm³/mol. The molecule has 1 saturated heterocycles. The first-order valence-corrected chi connectivity index (χ1v) is 6.69. The maximum Gasteiger partial charge on any atom is 0.169 e. The Balaban J connectivity index is 1.99. The molecule has 0 radical (unpaired) electrons. The smallest absolute Gasteiger partial charge is 0.169 e. The third-order valence-corrected chi connectivity index (χ3v) is 3.62. The summed E-state index contributed by atoms with van der Waals surface area (Å²) in [6.45, 7) is 5.46. The molecule has 1 aliphatic heterocycles. The standard InChI is InChI=1S/C15H23NO3/c1-12-6-4-5-7-13(12)14-10-16(8-9-19-14)11-15(17-2)18-3/h4-7,14-15H,8-11H2,1-3H3/t14-/m1/s1. The van der Waals surface area contributed by atoms with Crippen LogP contribution in [0.2, 0.25) is 0 Å². The number of morpholine rings is 1. The van der Waals surface area contributed by atoms with Crippen molar-refractivity contribution < 1.29 is 14.2 Å². The minimum absolute atomic E-state index is 0.143. The molecule has 0 saturated carbocycles. The summed E-state index contributed by atoms with van der Waals surface area (Å²) >= 11 is 0. The van der Waals surface area contributed by atoms with Crippen molar-refractivity contribution in [1.29, 1.82) is 0 Å². The van der Waals surface area contributed by atoms with Crippen molar-refractivity contribution in [1.82, 2.24) is 4.90 Å². The number of benzene rings is 1. The Hall–Kier alpha value is -0.940. The molecule has 0 N–H and O–H groups in total. The molecule has 106 valence electrons. The average Bonchev–Trinajstić information content (AvgIpc) is 2.45. The first-order valence-electron chi connectivity index (χ1n) is 6.69. The number of nitrogens with zero attached hydrogens (tertiary/aromatic N) is 1. The quantitative estimate of drug-likeness (QED) is 0.762.